The molecule has 0 bridgehead atoms. The van der Waals surface area contributed by atoms with E-state index in [0.717, 1.165) is 39.0 Å². The number of rotatable bonds is 7. The fraction of sp³-hybridized carbons (Fsp3) is 0.156. The van der Waals surface area contributed by atoms with Gasteiger partial charge < -0.3 is 0 Å². The van der Waals surface area contributed by atoms with Crippen LogP contribution in [-0.2, 0) is 4.79 Å². The Morgan fingerprint density at radius 1 is 0.531 bits per heavy atom. The smallest absolute Gasteiger partial charge is 0.164 e. The summed E-state index contributed by atoms with van der Waals surface area (Å²) in [5.41, 5.74) is 10.6. The predicted molar refractivity (Wildman–Crippen MR) is 207 cm³/mol. The maximum Gasteiger partial charge on any atom is 0.164 e. The van der Waals surface area contributed by atoms with Gasteiger partial charge in [-0.05, 0) is 68.5 Å². The second-order valence-corrected chi connectivity index (χ2v) is 11.4. The zero-order chi connectivity index (χ0) is 35.2. The molecule has 1 aromatic heterocycles. The first-order chi connectivity index (χ1) is 23.8. The summed E-state index contributed by atoms with van der Waals surface area (Å²) in [4.78, 5) is 26.0. The minimum atomic E-state index is 0.110. The van der Waals surface area contributed by atoms with E-state index in [0.29, 0.717) is 17.5 Å². The molecule has 0 fully saturated rings. The molecule has 5 aromatic carbocycles. The third-order valence-electron chi connectivity index (χ3n) is 7.87. The lowest BCUT2D eigenvalue weighted by atomic mass is 9.95. The number of carbonyl (C=O) groups excluding carboxylic acids is 1. The predicted octanol–water partition coefficient (Wildman–Crippen LogP) is 11.8. The highest BCUT2D eigenvalue weighted by atomic mass is 16.1. The van der Waals surface area contributed by atoms with Gasteiger partial charge in [-0.2, -0.15) is 0 Å². The molecular weight excluding hydrogens is 599 g/mol. The fourth-order valence-electron chi connectivity index (χ4n) is 5.33. The molecule has 4 nitrogen and oxygen atoms in total. The van der Waals surface area contributed by atoms with E-state index in [1.54, 1.807) is 6.92 Å². The van der Waals surface area contributed by atoms with E-state index in [9.17, 15) is 4.79 Å². The van der Waals surface area contributed by atoms with Gasteiger partial charge in [0.1, 0.15) is 0 Å². The Balaban J connectivity index is 0.000000255. The molecule has 0 aliphatic rings. The lowest BCUT2D eigenvalue weighted by molar-refractivity contribution is -0.113. The van der Waals surface area contributed by atoms with E-state index in [2.05, 4.69) is 74.5 Å². The topological polar surface area (TPSA) is 55.7 Å². The molecule has 0 radical (unpaired) electrons. The second-order valence-electron chi connectivity index (χ2n) is 11.4. The number of benzene rings is 5. The van der Waals surface area contributed by atoms with Gasteiger partial charge in [-0.1, -0.05) is 159 Å². The highest BCUT2D eigenvalue weighted by molar-refractivity contribution is 6.03. The van der Waals surface area contributed by atoms with Crippen molar-refractivity contribution in [3.05, 3.63) is 168 Å². The zero-order valence-corrected chi connectivity index (χ0v) is 29.6. The molecule has 0 aliphatic carbocycles. The first kappa shape index (κ1) is 36.1. The highest BCUT2D eigenvalue weighted by Gasteiger charge is 2.13. The average molecular weight is 644 g/mol. The summed E-state index contributed by atoms with van der Waals surface area (Å²) in [5.74, 6) is 2.12. The lowest BCUT2D eigenvalue weighted by Gasteiger charge is -2.09. The molecule has 0 unspecified atom stereocenters. The molecule has 0 aliphatic heterocycles. The molecule has 6 rings (SSSR count). The maximum absolute atomic E-state index is 11.6. The summed E-state index contributed by atoms with van der Waals surface area (Å²) < 4.78 is 0. The molecule has 49 heavy (non-hydrogen) atoms. The Hall–Kier alpha value is -5.74. The van der Waals surface area contributed by atoms with Crippen LogP contribution in [0.2, 0.25) is 0 Å². The second kappa shape index (κ2) is 18.0. The van der Waals surface area contributed by atoms with Crippen molar-refractivity contribution in [1.29, 1.82) is 0 Å². The molecule has 0 saturated heterocycles. The molecule has 246 valence electrons. The molecule has 6 aromatic rings. The number of allylic oxidation sites excluding steroid dienone is 4. The van der Waals surface area contributed by atoms with Crippen molar-refractivity contribution in [1.82, 2.24) is 15.0 Å². The van der Waals surface area contributed by atoms with E-state index in [1.165, 1.54) is 16.7 Å². The number of aryl methyl sites for hydroxylation is 2. The van der Waals surface area contributed by atoms with Crippen LogP contribution in [0.25, 0.3) is 50.9 Å². The van der Waals surface area contributed by atoms with Gasteiger partial charge >= 0.3 is 0 Å². The van der Waals surface area contributed by atoms with Crippen LogP contribution in [0.3, 0.4) is 0 Å². The van der Waals surface area contributed by atoms with Gasteiger partial charge in [0.2, 0.25) is 0 Å². The van der Waals surface area contributed by atoms with E-state index >= 15 is 0 Å². The van der Waals surface area contributed by atoms with E-state index < -0.39 is 0 Å². The molecule has 0 atom stereocenters. The van der Waals surface area contributed by atoms with E-state index in [4.69, 9.17) is 15.0 Å². The van der Waals surface area contributed by atoms with Gasteiger partial charge in [0, 0.05) is 22.3 Å². The van der Waals surface area contributed by atoms with Crippen LogP contribution in [0, 0.1) is 13.8 Å². The SMILES string of the molecule is C/C=C\C(C(C)=O)=C(/C)c1ccccc1C.CC.Cc1ccc(-c2cccc(-c3nc(-c4ccccc4)nc(-c4ccccc4)n3)c2)cc1. The van der Waals surface area contributed by atoms with E-state index in [-0.39, 0.29) is 5.78 Å². The van der Waals surface area contributed by atoms with Gasteiger partial charge in [0.05, 0.1) is 0 Å². The van der Waals surface area contributed by atoms with Crippen molar-refractivity contribution in [2.45, 2.75) is 48.5 Å². The first-order valence-electron chi connectivity index (χ1n) is 16.8. The number of carbonyl (C=O) groups is 1. The highest BCUT2D eigenvalue weighted by Crippen LogP contribution is 2.28. The minimum absolute atomic E-state index is 0.110. The summed E-state index contributed by atoms with van der Waals surface area (Å²) in [6.07, 6.45) is 3.78. The van der Waals surface area contributed by atoms with Gasteiger partial charge in [0.25, 0.3) is 0 Å². The summed E-state index contributed by atoms with van der Waals surface area (Å²) in [6.45, 7) is 13.7. The number of hydrogen-bond acceptors (Lipinski definition) is 4. The van der Waals surface area contributed by atoms with Gasteiger partial charge in [0.15, 0.2) is 23.3 Å². The van der Waals surface area contributed by atoms with E-state index in [1.807, 2.05) is 113 Å². The monoisotopic (exact) mass is 643 g/mol. The average Bonchev–Trinajstić information content (AvgIpc) is 3.15. The third-order valence-corrected chi connectivity index (χ3v) is 7.87. The van der Waals surface area contributed by atoms with Crippen molar-refractivity contribution in [2.24, 2.45) is 0 Å². The Morgan fingerprint density at radius 3 is 1.51 bits per heavy atom. The van der Waals surface area contributed by atoms with Gasteiger partial charge in [-0.3, -0.25) is 4.79 Å². The van der Waals surface area contributed by atoms with Gasteiger partial charge in [-0.25, -0.2) is 15.0 Å². The number of ketones is 1. The molecule has 0 spiro atoms. The maximum atomic E-state index is 11.6. The van der Waals surface area contributed by atoms with Crippen molar-refractivity contribution in [3.8, 4) is 45.3 Å². The summed E-state index contributed by atoms with van der Waals surface area (Å²) >= 11 is 0. The van der Waals surface area contributed by atoms with Crippen LogP contribution in [0.1, 0.15) is 51.3 Å². The Kier molecular flexibility index (Phi) is 13.2. The van der Waals surface area contributed by atoms with Crippen LogP contribution >= 0.6 is 0 Å². The summed E-state index contributed by atoms with van der Waals surface area (Å²) in [7, 11) is 0. The first-order valence-corrected chi connectivity index (χ1v) is 16.8. The molecule has 0 N–H and O–H groups in total. The molecule has 4 heteroatoms. The molecule has 0 saturated carbocycles. The van der Waals surface area contributed by atoms with Crippen molar-refractivity contribution >= 4 is 11.4 Å². The van der Waals surface area contributed by atoms with Gasteiger partial charge in [-0.15, -0.1) is 0 Å². The van der Waals surface area contributed by atoms with Crippen molar-refractivity contribution in [2.75, 3.05) is 0 Å². The summed E-state index contributed by atoms with van der Waals surface area (Å²) in [6, 6.07) is 45.1. The molecule has 1 heterocycles. The van der Waals surface area contributed by atoms with Crippen LogP contribution in [0.5, 0.6) is 0 Å². The third kappa shape index (κ3) is 9.65. The number of hydrogen-bond donors (Lipinski definition) is 0. The minimum Gasteiger partial charge on any atom is -0.295 e. The molecular formula is C45H45N3O. The Bertz CT molecular complexity index is 1970. The quantitative estimate of drug-likeness (QED) is 0.128. The largest absolute Gasteiger partial charge is 0.295 e. The van der Waals surface area contributed by atoms with Crippen LogP contribution in [0.15, 0.2) is 151 Å². The molecule has 0 amide bonds. The van der Waals surface area contributed by atoms with Crippen LogP contribution < -0.4 is 0 Å². The number of Topliss-reactive ketones (excluding diaryl/α,β-unsaturated/α-hetero) is 1. The zero-order valence-electron chi connectivity index (χ0n) is 29.6. The Labute approximate surface area is 292 Å². The van der Waals surface area contributed by atoms with Crippen molar-refractivity contribution < 1.29 is 4.79 Å². The Morgan fingerprint density at radius 2 is 1.00 bits per heavy atom. The normalized spacial score (nSPS) is 11.1. The van der Waals surface area contributed by atoms with Crippen LogP contribution in [-0.4, -0.2) is 20.7 Å². The van der Waals surface area contributed by atoms with Crippen LogP contribution in [0.4, 0.5) is 0 Å². The summed E-state index contributed by atoms with van der Waals surface area (Å²) in [5, 5.41) is 0. The van der Waals surface area contributed by atoms with Crippen molar-refractivity contribution in [3.63, 3.8) is 0 Å². The number of aromatic nitrogens is 3. The lowest BCUT2D eigenvalue weighted by Crippen LogP contribution is -2.00. The number of nitrogens with zero attached hydrogens (tertiary/aromatic N) is 3. The fourth-order valence-corrected chi connectivity index (χ4v) is 5.33. The standard InChI is InChI=1S/C28H21N3.C15H18O.C2H6/c1-20-15-17-21(18-16-20)24-13-8-14-25(19-24)28-30-26(22-9-4-2-5-10-22)29-27(31-28)23-11-6-3-7-12-23;1-5-8-15(13(4)16)12(3)14-10-7-6-9-11(14)2;1-2/h2-19H,1H3;5-10H,1-4H3;1-2H3/b;8-5-,15-12-;.